The normalized spacial score (nSPS) is 26.4. The predicted molar refractivity (Wildman–Crippen MR) is 84.8 cm³/mol. The lowest BCUT2D eigenvalue weighted by Gasteiger charge is -2.31. The zero-order valence-corrected chi connectivity index (χ0v) is 13.6. The number of nitrogens with zero attached hydrogens (tertiary/aromatic N) is 3. The van der Waals surface area contributed by atoms with Crippen LogP contribution in [-0.4, -0.2) is 34.0 Å². The number of aryl methyl sites for hydroxylation is 1. The predicted octanol–water partition coefficient (Wildman–Crippen LogP) is 3.03. The van der Waals surface area contributed by atoms with Gasteiger partial charge in [-0.3, -0.25) is 4.79 Å². The van der Waals surface area contributed by atoms with Gasteiger partial charge in [0.1, 0.15) is 5.82 Å². The van der Waals surface area contributed by atoms with Gasteiger partial charge in [0, 0.05) is 19.0 Å². The van der Waals surface area contributed by atoms with Crippen LogP contribution in [0.2, 0.25) is 0 Å². The number of piperidine rings is 1. The highest BCUT2D eigenvalue weighted by Gasteiger charge is 2.47. The molecule has 0 unspecified atom stereocenters. The molecule has 1 aliphatic heterocycles. The van der Waals surface area contributed by atoms with Gasteiger partial charge in [-0.25, -0.2) is 4.39 Å². The summed E-state index contributed by atoms with van der Waals surface area (Å²) < 4.78 is 19.2. The number of aromatic nitrogens is 2. The quantitative estimate of drug-likeness (QED) is 0.868. The summed E-state index contributed by atoms with van der Waals surface area (Å²) in [5.74, 6) is 1.19. The van der Waals surface area contributed by atoms with E-state index in [1.54, 1.807) is 19.1 Å². The van der Waals surface area contributed by atoms with E-state index in [2.05, 4.69) is 10.1 Å². The Hall–Kier alpha value is -2.24. The third kappa shape index (κ3) is 2.81. The summed E-state index contributed by atoms with van der Waals surface area (Å²) in [4.78, 5) is 19.0. The van der Waals surface area contributed by atoms with Gasteiger partial charge in [-0.05, 0) is 43.7 Å². The Bertz CT molecular complexity index is 760. The first-order valence-corrected chi connectivity index (χ1v) is 8.47. The standard InChI is InChI=1S/C18H20FN3O2/c1-11-20-17(24-21-11)12-5-4-8-22(10-12)18(23)15-9-14(15)13-6-2-3-7-16(13)19/h2-3,6-7,12,14-15H,4-5,8-10H2,1H3/t12-,14+,15+/m1/s1. The Morgan fingerprint density at radius 3 is 2.96 bits per heavy atom. The van der Waals surface area contributed by atoms with Crippen molar-refractivity contribution >= 4 is 5.91 Å². The van der Waals surface area contributed by atoms with Gasteiger partial charge >= 0.3 is 0 Å². The molecule has 0 radical (unpaired) electrons. The van der Waals surface area contributed by atoms with Crippen LogP contribution in [0.25, 0.3) is 0 Å². The molecule has 0 spiro atoms. The van der Waals surface area contributed by atoms with E-state index in [4.69, 9.17) is 4.52 Å². The van der Waals surface area contributed by atoms with Crippen molar-refractivity contribution in [3.05, 3.63) is 47.4 Å². The van der Waals surface area contributed by atoms with Gasteiger partial charge in [-0.2, -0.15) is 4.98 Å². The first-order valence-electron chi connectivity index (χ1n) is 8.47. The van der Waals surface area contributed by atoms with Crippen molar-refractivity contribution in [3.8, 4) is 0 Å². The second-order valence-electron chi connectivity index (χ2n) is 6.77. The third-order valence-electron chi connectivity index (χ3n) is 5.04. The first kappa shape index (κ1) is 15.3. The van der Waals surface area contributed by atoms with Crippen LogP contribution in [0.1, 0.15) is 48.4 Å². The third-order valence-corrected chi connectivity index (χ3v) is 5.04. The Labute approximate surface area is 139 Å². The van der Waals surface area contributed by atoms with E-state index in [1.807, 2.05) is 11.0 Å². The maximum absolute atomic E-state index is 13.9. The lowest BCUT2D eigenvalue weighted by Crippen LogP contribution is -2.40. The van der Waals surface area contributed by atoms with Gasteiger partial charge in [-0.15, -0.1) is 0 Å². The SMILES string of the molecule is Cc1noc([C@@H]2CCCN(C(=O)[C@H]3C[C@H]3c3ccccc3F)C2)n1. The molecule has 1 amide bonds. The minimum absolute atomic E-state index is 0.0183. The molecular formula is C18H20FN3O2. The van der Waals surface area contributed by atoms with Crippen molar-refractivity contribution in [2.24, 2.45) is 5.92 Å². The molecule has 126 valence electrons. The van der Waals surface area contributed by atoms with Crippen molar-refractivity contribution in [3.63, 3.8) is 0 Å². The van der Waals surface area contributed by atoms with Crippen LogP contribution >= 0.6 is 0 Å². The van der Waals surface area contributed by atoms with E-state index in [0.717, 1.165) is 25.8 Å². The van der Waals surface area contributed by atoms with E-state index in [1.165, 1.54) is 6.07 Å². The molecule has 24 heavy (non-hydrogen) atoms. The summed E-state index contributed by atoms with van der Waals surface area (Å²) in [5.41, 5.74) is 0.664. The minimum Gasteiger partial charge on any atom is -0.342 e. The van der Waals surface area contributed by atoms with Crippen LogP contribution in [-0.2, 0) is 4.79 Å². The molecular weight excluding hydrogens is 309 g/mol. The van der Waals surface area contributed by atoms with Crippen molar-refractivity contribution < 1.29 is 13.7 Å². The molecule has 1 saturated heterocycles. The van der Waals surface area contributed by atoms with Crippen molar-refractivity contribution in [2.75, 3.05) is 13.1 Å². The molecule has 1 aromatic carbocycles. The number of amides is 1. The van der Waals surface area contributed by atoms with Crippen molar-refractivity contribution in [1.29, 1.82) is 0 Å². The zero-order valence-electron chi connectivity index (χ0n) is 13.6. The summed E-state index contributed by atoms with van der Waals surface area (Å²) in [6, 6.07) is 6.75. The number of likely N-dealkylation sites (tertiary alicyclic amines) is 1. The van der Waals surface area contributed by atoms with Gasteiger partial charge in [0.2, 0.25) is 11.8 Å². The second kappa shape index (κ2) is 6.00. The van der Waals surface area contributed by atoms with Crippen LogP contribution in [0.4, 0.5) is 4.39 Å². The van der Waals surface area contributed by atoms with E-state index in [9.17, 15) is 9.18 Å². The summed E-state index contributed by atoms with van der Waals surface area (Å²) in [6.07, 6.45) is 2.61. The smallest absolute Gasteiger partial charge is 0.231 e. The Morgan fingerprint density at radius 1 is 1.38 bits per heavy atom. The van der Waals surface area contributed by atoms with Crippen LogP contribution in [0, 0.1) is 18.7 Å². The summed E-state index contributed by atoms with van der Waals surface area (Å²) >= 11 is 0. The van der Waals surface area contributed by atoms with Crippen LogP contribution in [0.15, 0.2) is 28.8 Å². The molecule has 2 heterocycles. The van der Waals surface area contributed by atoms with E-state index in [0.29, 0.717) is 23.8 Å². The first-order chi connectivity index (χ1) is 11.6. The zero-order chi connectivity index (χ0) is 16.7. The number of rotatable bonds is 3. The lowest BCUT2D eigenvalue weighted by atomic mass is 9.97. The van der Waals surface area contributed by atoms with E-state index in [-0.39, 0.29) is 29.5 Å². The van der Waals surface area contributed by atoms with Crippen LogP contribution in [0.3, 0.4) is 0 Å². The van der Waals surface area contributed by atoms with Crippen LogP contribution < -0.4 is 0 Å². The molecule has 2 fully saturated rings. The number of carbonyl (C=O) groups excluding carboxylic acids is 1. The number of benzene rings is 1. The lowest BCUT2D eigenvalue weighted by molar-refractivity contribution is -0.134. The Kier molecular flexibility index (Phi) is 3.82. The highest BCUT2D eigenvalue weighted by Crippen LogP contribution is 2.49. The number of carbonyl (C=O) groups is 1. The molecule has 1 aliphatic carbocycles. The molecule has 0 bridgehead atoms. The van der Waals surface area contributed by atoms with Gasteiger partial charge in [0.25, 0.3) is 0 Å². The Morgan fingerprint density at radius 2 is 2.21 bits per heavy atom. The van der Waals surface area contributed by atoms with Crippen LogP contribution in [0.5, 0.6) is 0 Å². The summed E-state index contributed by atoms with van der Waals surface area (Å²) in [5, 5.41) is 3.84. The van der Waals surface area contributed by atoms with Crippen molar-refractivity contribution in [2.45, 2.75) is 38.0 Å². The number of halogens is 1. The van der Waals surface area contributed by atoms with Gasteiger partial charge in [0.15, 0.2) is 5.82 Å². The number of hydrogen-bond donors (Lipinski definition) is 0. The average Bonchev–Trinajstić information content (AvgIpc) is 3.27. The molecule has 5 nitrogen and oxygen atoms in total. The van der Waals surface area contributed by atoms with E-state index < -0.39 is 0 Å². The minimum atomic E-state index is -0.212. The molecule has 0 N–H and O–H groups in total. The Balaban J connectivity index is 1.43. The molecule has 3 atom stereocenters. The fraction of sp³-hybridized carbons (Fsp3) is 0.500. The highest BCUT2D eigenvalue weighted by atomic mass is 19.1. The average molecular weight is 329 g/mol. The molecule has 1 saturated carbocycles. The van der Waals surface area contributed by atoms with Gasteiger partial charge in [0.05, 0.1) is 5.92 Å². The van der Waals surface area contributed by atoms with E-state index >= 15 is 0 Å². The maximum atomic E-state index is 13.9. The molecule has 4 rings (SSSR count). The summed E-state index contributed by atoms with van der Waals surface area (Å²) in [6.45, 7) is 3.16. The fourth-order valence-electron chi connectivity index (χ4n) is 3.68. The van der Waals surface area contributed by atoms with Crippen molar-refractivity contribution in [1.82, 2.24) is 15.0 Å². The number of hydrogen-bond acceptors (Lipinski definition) is 4. The fourth-order valence-corrected chi connectivity index (χ4v) is 3.68. The molecule has 1 aromatic heterocycles. The van der Waals surface area contributed by atoms with Gasteiger partial charge in [-0.1, -0.05) is 23.4 Å². The second-order valence-corrected chi connectivity index (χ2v) is 6.77. The monoisotopic (exact) mass is 329 g/mol. The molecule has 6 heteroatoms. The van der Waals surface area contributed by atoms with Gasteiger partial charge < -0.3 is 9.42 Å². The maximum Gasteiger partial charge on any atom is 0.231 e. The molecule has 2 aromatic rings. The largest absolute Gasteiger partial charge is 0.342 e. The topological polar surface area (TPSA) is 59.2 Å². The molecule has 2 aliphatic rings. The summed E-state index contributed by atoms with van der Waals surface area (Å²) in [7, 11) is 0. The highest BCUT2D eigenvalue weighted by molar-refractivity contribution is 5.83.